The van der Waals surface area contributed by atoms with Crippen LogP contribution in [-0.2, 0) is 6.54 Å². The fourth-order valence-corrected chi connectivity index (χ4v) is 3.38. The zero-order valence-electron chi connectivity index (χ0n) is 16.5. The zero-order chi connectivity index (χ0) is 19.4. The second-order valence-corrected chi connectivity index (χ2v) is 7.57. The van der Waals surface area contributed by atoms with Gasteiger partial charge in [0.15, 0.2) is 0 Å². The predicted octanol–water partition coefficient (Wildman–Crippen LogP) is 2.07. The molecule has 0 bridgehead atoms. The van der Waals surface area contributed by atoms with Gasteiger partial charge in [0, 0.05) is 57.7 Å². The lowest BCUT2D eigenvalue weighted by Gasteiger charge is -2.19. The van der Waals surface area contributed by atoms with Crippen molar-refractivity contribution >= 4 is 11.9 Å². The van der Waals surface area contributed by atoms with Crippen LogP contribution in [0, 0.1) is 0 Å². The minimum absolute atomic E-state index is 0.0736. The van der Waals surface area contributed by atoms with Gasteiger partial charge in [0.2, 0.25) is 5.95 Å². The van der Waals surface area contributed by atoms with Gasteiger partial charge < -0.3 is 10.2 Å². The van der Waals surface area contributed by atoms with Crippen molar-refractivity contribution in [3.05, 3.63) is 47.5 Å². The van der Waals surface area contributed by atoms with Crippen molar-refractivity contribution in [2.24, 2.45) is 0 Å². The van der Waals surface area contributed by atoms with Gasteiger partial charge in [-0.05, 0) is 38.4 Å². The van der Waals surface area contributed by atoms with Crippen LogP contribution in [0.4, 0.5) is 5.95 Å². The number of pyridine rings is 1. The number of amides is 1. The highest BCUT2D eigenvalue weighted by atomic mass is 16.1. The van der Waals surface area contributed by atoms with Gasteiger partial charge >= 0.3 is 0 Å². The summed E-state index contributed by atoms with van der Waals surface area (Å²) in [5.41, 5.74) is 2.63. The van der Waals surface area contributed by atoms with Crippen LogP contribution in [0.25, 0.3) is 0 Å². The molecule has 1 N–H and O–H groups in total. The minimum atomic E-state index is -0.101. The van der Waals surface area contributed by atoms with Crippen LogP contribution in [0.15, 0.2) is 30.7 Å². The third-order valence-corrected chi connectivity index (χ3v) is 4.66. The monoisotopic (exact) mass is 368 g/mol. The molecular weight excluding hydrogens is 340 g/mol. The molecule has 1 saturated heterocycles. The summed E-state index contributed by atoms with van der Waals surface area (Å²) < 4.78 is 0. The van der Waals surface area contributed by atoms with Gasteiger partial charge in [-0.3, -0.25) is 14.7 Å². The molecule has 144 valence electrons. The molecule has 1 aliphatic rings. The molecule has 0 saturated carbocycles. The molecule has 1 unspecified atom stereocenters. The third kappa shape index (κ3) is 4.80. The first-order chi connectivity index (χ1) is 12.9. The summed E-state index contributed by atoms with van der Waals surface area (Å²) in [4.78, 5) is 30.2. The van der Waals surface area contributed by atoms with Crippen molar-refractivity contribution in [3.8, 4) is 0 Å². The van der Waals surface area contributed by atoms with Gasteiger partial charge in [0.25, 0.3) is 5.91 Å². The Bertz CT molecular complexity index is 777. The molecule has 2 aromatic heterocycles. The number of rotatable bonds is 6. The van der Waals surface area contributed by atoms with E-state index in [1.54, 1.807) is 12.4 Å². The number of hydrogen-bond acceptors (Lipinski definition) is 6. The van der Waals surface area contributed by atoms with Crippen LogP contribution in [0.3, 0.4) is 0 Å². The first kappa shape index (κ1) is 19.2. The molecule has 1 aliphatic heterocycles. The maximum atomic E-state index is 12.7. The summed E-state index contributed by atoms with van der Waals surface area (Å²) in [5.74, 6) is 0.754. The molecule has 7 nitrogen and oxygen atoms in total. The van der Waals surface area contributed by atoms with Gasteiger partial charge in [0.1, 0.15) is 0 Å². The van der Waals surface area contributed by atoms with E-state index in [1.807, 2.05) is 45.1 Å². The third-order valence-electron chi connectivity index (χ3n) is 4.66. The lowest BCUT2D eigenvalue weighted by Crippen LogP contribution is -2.32. The Morgan fingerprint density at radius 3 is 2.85 bits per heavy atom. The number of carbonyl (C=O) groups excluding carboxylic acids is 1. The van der Waals surface area contributed by atoms with Crippen molar-refractivity contribution in [1.29, 1.82) is 0 Å². The SMILES string of the molecule is CC(C)NC(=O)c1cnc(N(C)C)nc1C1CCN(Cc2cccnc2)C1. The van der Waals surface area contributed by atoms with Crippen molar-refractivity contribution in [2.75, 3.05) is 32.1 Å². The smallest absolute Gasteiger partial charge is 0.254 e. The van der Waals surface area contributed by atoms with Gasteiger partial charge in [-0.2, -0.15) is 0 Å². The standard InChI is InChI=1S/C20H28N6O/c1-14(2)23-19(27)17-11-22-20(25(3)4)24-18(17)16-7-9-26(13-16)12-15-6-5-8-21-10-15/h5-6,8,10-11,14,16H,7,9,12-13H2,1-4H3,(H,23,27). The lowest BCUT2D eigenvalue weighted by atomic mass is 9.99. The number of nitrogens with zero attached hydrogens (tertiary/aromatic N) is 5. The highest BCUT2D eigenvalue weighted by Crippen LogP contribution is 2.30. The second-order valence-electron chi connectivity index (χ2n) is 7.57. The highest BCUT2D eigenvalue weighted by Gasteiger charge is 2.29. The minimum Gasteiger partial charge on any atom is -0.350 e. The molecular formula is C20H28N6O. The van der Waals surface area contributed by atoms with Gasteiger partial charge in [0.05, 0.1) is 11.3 Å². The Labute approximate surface area is 160 Å². The van der Waals surface area contributed by atoms with Crippen LogP contribution < -0.4 is 10.2 Å². The van der Waals surface area contributed by atoms with Gasteiger partial charge in [-0.15, -0.1) is 0 Å². The van der Waals surface area contributed by atoms with E-state index < -0.39 is 0 Å². The van der Waals surface area contributed by atoms with Crippen molar-refractivity contribution in [3.63, 3.8) is 0 Å². The first-order valence-corrected chi connectivity index (χ1v) is 9.40. The van der Waals surface area contributed by atoms with Crippen molar-refractivity contribution < 1.29 is 4.79 Å². The Morgan fingerprint density at radius 1 is 1.37 bits per heavy atom. The molecule has 3 rings (SSSR count). The number of carbonyl (C=O) groups is 1. The predicted molar refractivity (Wildman–Crippen MR) is 106 cm³/mol. The summed E-state index contributed by atoms with van der Waals surface area (Å²) >= 11 is 0. The summed E-state index contributed by atoms with van der Waals surface area (Å²) in [5, 5.41) is 2.97. The average molecular weight is 368 g/mol. The number of anilines is 1. The molecule has 1 amide bonds. The molecule has 0 aromatic carbocycles. The molecule has 0 aliphatic carbocycles. The number of hydrogen-bond donors (Lipinski definition) is 1. The van der Waals surface area contributed by atoms with Crippen molar-refractivity contribution in [2.45, 2.75) is 38.8 Å². The normalized spacial score (nSPS) is 17.3. The Hall–Kier alpha value is -2.54. The van der Waals surface area contributed by atoms with Gasteiger partial charge in [-0.25, -0.2) is 9.97 Å². The van der Waals surface area contributed by atoms with E-state index in [1.165, 1.54) is 5.56 Å². The lowest BCUT2D eigenvalue weighted by molar-refractivity contribution is 0.0940. The van der Waals surface area contributed by atoms with Crippen LogP contribution in [0.1, 0.15) is 47.8 Å². The average Bonchev–Trinajstić information content (AvgIpc) is 3.09. The number of aromatic nitrogens is 3. The summed E-state index contributed by atoms with van der Waals surface area (Å²) in [6.45, 7) is 6.63. The summed E-state index contributed by atoms with van der Waals surface area (Å²) in [6, 6.07) is 4.13. The Morgan fingerprint density at radius 2 is 2.19 bits per heavy atom. The summed E-state index contributed by atoms with van der Waals surface area (Å²) in [7, 11) is 3.83. The topological polar surface area (TPSA) is 74.2 Å². The van der Waals surface area contributed by atoms with Crippen LogP contribution in [0.2, 0.25) is 0 Å². The molecule has 0 radical (unpaired) electrons. The number of nitrogens with one attached hydrogen (secondary N) is 1. The number of likely N-dealkylation sites (tertiary alicyclic amines) is 1. The Kier molecular flexibility index (Phi) is 6.01. The molecule has 2 aromatic rings. The highest BCUT2D eigenvalue weighted by molar-refractivity contribution is 5.95. The fraction of sp³-hybridized carbons (Fsp3) is 0.500. The largest absolute Gasteiger partial charge is 0.350 e. The maximum Gasteiger partial charge on any atom is 0.254 e. The zero-order valence-corrected chi connectivity index (χ0v) is 16.5. The van der Waals surface area contributed by atoms with Crippen LogP contribution in [0.5, 0.6) is 0 Å². The maximum absolute atomic E-state index is 12.7. The summed E-state index contributed by atoms with van der Waals surface area (Å²) in [6.07, 6.45) is 6.34. The van der Waals surface area contributed by atoms with E-state index in [-0.39, 0.29) is 17.9 Å². The Balaban J connectivity index is 1.81. The first-order valence-electron chi connectivity index (χ1n) is 9.40. The molecule has 1 fully saturated rings. The van der Waals surface area contributed by atoms with E-state index in [9.17, 15) is 4.79 Å². The van der Waals surface area contributed by atoms with E-state index in [0.29, 0.717) is 11.5 Å². The van der Waals surface area contributed by atoms with E-state index in [0.717, 1.165) is 31.7 Å². The molecule has 1 atom stereocenters. The molecule has 0 spiro atoms. The van der Waals surface area contributed by atoms with E-state index in [2.05, 4.69) is 26.3 Å². The van der Waals surface area contributed by atoms with Crippen molar-refractivity contribution in [1.82, 2.24) is 25.2 Å². The van der Waals surface area contributed by atoms with E-state index in [4.69, 9.17) is 4.98 Å². The molecule has 27 heavy (non-hydrogen) atoms. The van der Waals surface area contributed by atoms with Crippen LogP contribution >= 0.6 is 0 Å². The van der Waals surface area contributed by atoms with E-state index >= 15 is 0 Å². The molecule has 7 heteroatoms. The van der Waals surface area contributed by atoms with Crippen LogP contribution in [-0.4, -0.2) is 59.0 Å². The van der Waals surface area contributed by atoms with Gasteiger partial charge in [-0.1, -0.05) is 6.07 Å². The second kappa shape index (κ2) is 8.43. The fourth-order valence-electron chi connectivity index (χ4n) is 3.38. The molecule has 3 heterocycles. The quantitative estimate of drug-likeness (QED) is 0.841.